The van der Waals surface area contributed by atoms with Gasteiger partial charge in [-0.2, -0.15) is 4.98 Å². The van der Waals surface area contributed by atoms with E-state index in [1.165, 1.54) is 0 Å². The molecule has 0 unspecified atom stereocenters. The quantitative estimate of drug-likeness (QED) is 0.750. The third-order valence-corrected chi connectivity index (χ3v) is 1.74. The van der Waals surface area contributed by atoms with Gasteiger partial charge in [0.05, 0.1) is 18.6 Å². The highest BCUT2D eigenvalue weighted by molar-refractivity contribution is 4.96. The Morgan fingerprint density at radius 3 is 3.00 bits per heavy atom. The molecule has 2 aromatic rings. The third-order valence-electron chi connectivity index (χ3n) is 1.74. The van der Waals surface area contributed by atoms with Crippen molar-refractivity contribution in [2.45, 2.75) is 20.1 Å². The predicted octanol–water partition coefficient (Wildman–Crippen LogP) is 0.115. The van der Waals surface area contributed by atoms with Crippen LogP contribution in [0.3, 0.4) is 0 Å². The molecule has 0 saturated heterocycles. The van der Waals surface area contributed by atoms with Gasteiger partial charge < -0.3 is 14.2 Å². The Labute approximate surface area is 80.2 Å². The van der Waals surface area contributed by atoms with Crippen LogP contribution in [0.4, 0.5) is 0 Å². The van der Waals surface area contributed by atoms with Crippen molar-refractivity contribution in [1.29, 1.82) is 0 Å². The van der Waals surface area contributed by atoms with Gasteiger partial charge in [0.25, 0.3) is 0 Å². The first kappa shape index (κ1) is 8.89. The van der Waals surface area contributed by atoms with E-state index < -0.39 is 0 Å². The molecule has 74 valence electrons. The minimum atomic E-state index is -0.0597. The zero-order chi connectivity index (χ0) is 9.97. The van der Waals surface area contributed by atoms with Crippen LogP contribution in [0, 0.1) is 6.92 Å². The third kappa shape index (κ3) is 1.80. The molecule has 0 aliphatic rings. The van der Waals surface area contributed by atoms with Gasteiger partial charge >= 0.3 is 0 Å². The number of imidazole rings is 1. The van der Waals surface area contributed by atoms with Gasteiger partial charge in [-0.05, 0) is 6.92 Å². The topological polar surface area (TPSA) is 77.0 Å². The molecule has 6 nitrogen and oxygen atoms in total. The Balaban J connectivity index is 2.10. The van der Waals surface area contributed by atoms with Crippen LogP contribution >= 0.6 is 0 Å². The predicted molar refractivity (Wildman–Crippen MR) is 46.3 cm³/mol. The standard InChI is InChI=1S/C8H10N4O2/c1-6-10-8(14-11-6)3-12-2-7(4-13)9-5-12/h2,5,13H,3-4H2,1H3. The van der Waals surface area contributed by atoms with E-state index in [1.54, 1.807) is 24.0 Å². The van der Waals surface area contributed by atoms with E-state index in [-0.39, 0.29) is 6.61 Å². The van der Waals surface area contributed by atoms with Crippen molar-refractivity contribution < 1.29 is 9.63 Å². The maximum absolute atomic E-state index is 8.79. The van der Waals surface area contributed by atoms with Gasteiger partial charge in [-0.1, -0.05) is 5.16 Å². The smallest absolute Gasteiger partial charge is 0.246 e. The Bertz CT molecular complexity index is 420. The molecule has 0 bridgehead atoms. The summed E-state index contributed by atoms with van der Waals surface area (Å²) in [4.78, 5) is 8.01. The van der Waals surface area contributed by atoms with Crippen LogP contribution in [0.25, 0.3) is 0 Å². The lowest BCUT2D eigenvalue weighted by Gasteiger charge is -1.93. The van der Waals surface area contributed by atoms with Crippen LogP contribution in [0.15, 0.2) is 17.0 Å². The van der Waals surface area contributed by atoms with Gasteiger partial charge in [0, 0.05) is 6.20 Å². The molecule has 0 aromatic carbocycles. The summed E-state index contributed by atoms with van der Waals surface area (Å²) in [5, 5.41) is 12.5. The minimum absolute atomic E-state index is 0.0597. The van der Waals surface area contributed by atoms with Crippen LogP contribution in [-0.2, 0) is 13.2 Å². The van der Waals surface area contributed by atoms with Crippen molar-refractivity contribution in [2.24, 2.45) is 0 Å². The molecule has 2 aromatic heterocycles. The van der Waals surface area contributed by atoms with E-state index in [1.807, 2.05) is 0 Å². The summed E-state index contributed by atoms with van der Waals surface area (Å²) in [5.41, 5.74) is 0.626. The van der Waals surface area contributed by atoms with Crippen molar-refractivity contribution >= 4 is 0 Å². The fourth-order valence-corrected chi connectivity index (χ4v) is 1.13. The van der Waals surface area contributed by atoms with Gasteiger partial charge in [0.15, 0.2) is 5.82 Å². The van der Waals surface area contributed by atoms with Gasteiger partial charge in [-0.15, -0.1) is 0 Å². The van der Waals surface area contributed by atoms with Crippen LogP contribution < -0.4 is 0 Å². The van der Waals surface area contributed by atoms with E-state index in [9.17, 15) is 0 Å². The fourth-order valence-electron chi connectivity index (χ4n) is 1.13. The van der Waals surface area contributed by atoms with E-state index >= 15 is 0 Å². The summed E-state index contributed by atoms with van der Waals surface area (Å²) in [6.07, 6.45) is 3.35. The molecule has 0 fully saturated rings. The summed E-state index contributed by atoms with van der Waals surface area (Å²) in [7, 11) is 0. The molecule has 2 rings (SSSR count). The monoisotopic (exact) mass is 194 g/mol. The van der Waals surface area contributed by atoms with E-state index in [2.05, 4.69) is 15.1 Å². The first-order chi connectivity index (χ1) is 6.78. The molecule has 0 amide bonds. The Hall–Kier alpha value is -1.69. The zero-order valence-electron chi connectivity index (χ0n) is 7.71. The van der Waals surface area contributed by atoms with Gasteiger partial charge in [-0.3, -0.25) is 0 Å². The highest BCUT2D eigenvalue weighted by Gasteiger charge is 2.04. The van der Waals surface area contributed by atoms with Gasteiger partial charge in [0.1, 0.15) is 6.54 Å². The second-order valence-electron chi connectivity index (χ2n) is 2.93. The van der Waals surface area contributed by atoms with Crippen LogP contribution in [-0.4, -0.2) is 24.8 Å². The number of aromatic nitrogens is 4. The van der Waals surface area contributed by atoms with Crippen LogP contribution in [0.5, 0.6) is 0 Å². The number of aryl methyl sites for hydroxylation is 1. The summed E-state index contributed by atoms with van der Waals surface area (Å²) < 4.78 is 6.72. The van der Waals surface area contributed by atoms with Crippen molar-refractivity contribution in [3.8, 4) is 0 Å². The zero-order valence-corrected chi connectivity index (χ0v) is 7.71. The maximum atomic E-state index is 8.79. The molecular weight excluding hydrogens is 184 g/mol. The number of hydrogen-bond donors (Lipinski definition) is 1. The normalized spacial score (nSPS) is 10.7. The van der Waals surface area contributed by atoms with Crippen molar-refractivity contribution in [3.63, 3.8) is 0 Å². The molecule has 0 spiro atoms. The number of aliphatic hydroxyl groups is 1. The number of rotatable bonds is 3. The molecule has 0 aliphatic heterocycles. The number of aliphatic hydroxyl groups excluding tert-OH is 1. The lowest BCUT2D eigenvalue weighted by molar-refractivity contribution is 0.277. The van der Waals surface area contributed by atoms with E-state index in [0.29, 0.717) is 24.0 Å². The molecule has 6 heteroatoms. The highest BCUT2D eigenvalue weighted by Crippen LogP contribution is 2.01. The molecule has 1 N–H and O–H groups in total. The second-order valence-corrected chi connectivity index (χ2v) is 2.93. The SMILES string of the molecule is Cc1noc(Cn2cnc(CO)c2)n1. The Morgan fingerprint density at radius 1 is 1.57 bits per heavy atom. The van der Waals surface area contributed by atoms with Crippen molar-refractivity contribution in [1.82, 2.24) is 19.7 Å². The lowest BCUT2D eigenvalue weighted by Crippen LogP contribution is -1.96. The van der Waals surface area contributed by atoms with Crippen LogP contribution in [0.1, 0.15) is 17.4 Å². The number of hydrogen-bond acceptors (Lipinski definition) is 5. The first-order valence-corrected chi connectivity index (χ1v) is 4.18. The summed E-state index contributed by atoms with van der Waals surface area (Å²) in [6.45, 7) is 2.18. The fraction of sp³-hybridized carbons (Fsp3) is 0.375. The molecular formula is C8H10N4O2. The summed E-state index contributed by atoms with van der Waals surface area (Å²) in [6, 6.07) is 0. The largest absolute Gasteiger partial charge is 0.390 e. The molecule has 0 radical (unpaired) electrons. The lowest BCUT2D eigenvalue weighted by atomic mass is 10.5. The van der Waals surface area contributed by atoms with Crippen molar-refractivity contribution in [3.05, 3.63) is 29.9 Å². The van der Waals surface area contributed by atoms with Gasteiger partial charge in [0.2, 0.25) is 5.89 Å². The van der Waals surface area contributed by atoms with E-state index in [0.717, 1.165) is 0 Å². The molecule has 0 atom stereocenters. The van der Waals surface area contributed by atoms with Crippen molar-refractivity contribution in [2.75, 3.05) is 0 Å². The maximum Gasteiger partial charge on any atom is 0.246 e. The second kappa shape index (κ2) is 3.59. The summed E-state index contributed by atoms with van der Waals surface area (Å²) >= 11 is 0. The number of nitrogens with zero attached hydrogens (tertiary/aromatic N) is 4. The molecule has 0 aliphatic carbocycles. The van der Waals surface area contributed by atoms with E-state index in [4.69, 9.17) is 9.63 Å². The minimum Gasteiger partial charge on any atom is -0.390 e. The van der Waals surface area contributed by atoms with Gasteiger partial charge in [-0.25, -0.2) is 4.98 Å². The average molecular weight is 194 g/mol. The molecule has 2 heterocycles. The molecule has 0 saturated carbocycles. The Kier molecular flexibility index (Phi) is 2.28. The summed E-state index contributed by atoms with van der Waals surface area (Å²) in [5.74, 6) is 1.15. The average Bonchev–Trinajstić information content (AvgIpc) is 2.76. The Morgan fingerprint density at radius 2 is 2.43 bits per heavy atom. The highest BCUT2D eigenvalue weighted by atomic mass is 16.5. The first-order valence-electron chi connectivity index (χ1n) is 4.18. The van der Waals surface area contributed by atoms with Crippen LogP contribution in [0.2, 0.25) is 0 Å². The molecule has 14 heavy (non-hydrogen) atoms.